The first-order chi connectivity index (χ1) is 15.4. The Morgan fingerprint density at radius 2 is 1.94 bits per heavy atom. The van der Waals surface area contributed by atoms with Gasteiger partial charge in [-0.15, -0.1) is 0 Å². The second-order valence-corrected chi connectivity index (χ2v) is 7.47. The molecule has 1 heterocycles. The zero-order valence-electron chi connectivity index (χ0n) is 16.6. The number of hydrogen-bond donors (Lipinski definition) is 1. The van der Waals surface area contributed by atoms with Crippen molar-refractivity contribution in [2.24, 2.45) is 0 Å². The number of amides is 1. The standard InChI is InChI=1S/C22H15Cl2N3O5/c1-2-31-20-7-4-12(10-18(20)27(29)30)21(28)25-14-5-8-19-17(11-14)26-22(32-19)13-3-6-15(23)16(24)9-13/h3-11H,2H2,1H3,(H,25,28). The summed E-state index contributed by atoms with van der Waals surface area (Å²) in [6, 6.07) is 14.0. The van der Waals surface area contributed by atoms with Crippen LogP contribution < -0.4 is 10.1 Å². The van der Waals surface area contributed by atoms with Gasteiger partial charge in [0.15, 0.2) is 11.3 Å². The fourth-order valence-electron chi connectivity index (χ4n) is 3.04. The summed E-state index contributed by atoms with van der Waals surface area (Å²) in [5.41, 5.74) is 1.98. The van der Waals surface area contributed by atoms with Gasteiger partial charge in [-0.3, -0.25) is 14.9 Å². The van der Waals surface area contributed by atoms with Gasteiger partial charge >= 0.3 is 5.69 Å². The van der Waals surface area contributed by atoms with Gasteiger partial charge in [-0.05, 0) is 55.5 Å². The van der Waals surface area contributed by atoms with Crippen molar-refractivity contribution in [2.75, 3.05) is 11.9 Å². The summed E-state index contributed by atoms with van der Waals surface area (Å²) in [5.74, 6) is -0.0548. The first-order valence-corrected chi connectivity index (χ1v) is 10.2. The van der Waals surface area contributed by atoms with Crippen molar-refractivity contribution in [3.05, 3.63) is 80.3 Å². The predicted octanol–water partition coefficient (Wildman–Crippen LogP) is 6.36. The Kier molecular flexibility index (Phi) is 5.98. The number of fused-ring (bicyclic) bond motifs is 1. The second kappa shape index (κ2) is 8.86. The van der Waals surface area contributed by atoms with Crippen LogP contribution in [0.15, 0.2) is 59.0 Å². The maximum atomic E-state index is 12.6. The van der Waals surface area contributed by atoms with Crippen LogP contribution in [0.4, 0.5) is 11.4 Å². The Balaban J connectivity index is 1.59. The smallest absolute Gasteiger partial charge is 0.311 e. The molecule has 0 saturated heterocycles. The van der Waals surface area contributed by atoms with E-state index in [9.17, 15) is 14.9 Å². The maximum absolute atomic E-state index is 12.6. The van der Waals surface area contributed by atoms with Gasteiger partial charge in [0, 0.05) is 22.9 Å². The van der Waals surface area contributed by atoms with E-state index in [0.717, 1.165) is 0 Å². The Labute approximate surface area is 191 Å². The van der Waals surface area contributed by atoms with Gasteiger partial charge in [0.1, 0.15) is 5.52 Å². The summed E-state index contributed by atoms with van der Waals surface area (Å²) in [5, 5.41) is 14.8. The van der Waals surface area contributed by atoms with Crippen LogP contribution in [0.5, 0.6) is 5.75 Å². The number of rotatable bonds is 6. The lowest BCUT2D eigenvalue weighted by Crippen LogP contribution is -2.12. The molecule has 32 heavy (non-hydrogen) atoms. The average Bonchev–Trinajstić information content (AvgIpc) is 3.19. The number of hydrogen-bond acceptors (Lipinski definition) is 6. The molecule has 0 bridgehead atoms. The molecule has 0 radical (unpaired) electrons. The monoisotopic (exact) mass is 471 g/mol. The highest BCUT2D eigenvalue weighted by molar-refractivity contribution is 6.42. The van der Waals surface area contributed by atoms with Crippen molar-refractivity contribution in [3.63, 3.8) is 0 Å². The molecule has 0 fully saturated rings. The molecule has 0 spiro atoms. The lowest BCUT2D eigenvalue weighted by molar-refractivity contribution is -0.385. The van der Waals surface area contributed by atoms with Gasteiger partial charge < -0.3 is 14.5 Å². The fraction of sp³-hybridized carbons (Fsp3) is 0.0909. The molecule has 4 rings (SSSR count). The zero-order chi connectivity index (χ0) is 22.8. The van der Waals surface area contributed by atoms with Crippen LogP contribution in [-0.4, -0.2) is 22.4 Å². The average molecular weight is 472 g/mol. The summed E-state index contributed by atoms with van der Waals surface area (Å²) in [6.45, 7) is 1.99. The Hall–Kier alpha value is -3.62. The number of halogens is 2. The van der Waals surface area contributed by atoms with Crippen LogP contribution in [0.3, 0.4) is 0 Å². The van der Waals surface area contributed by atoms with Crippen LogP contribution in [0.2, 0.25) is 10.0 Å². The number of aromatic nitrogens is 1. The SMILES string of the molecule is CCOc1ccc(C(=O)Nc2ccc3oc(-c4ccc(Cl)c(Cl)c4)nc3c2)cc1[N+](=O)[O-]. The van der Waals surface area contributed by atoms with E-state index in [2.05, 4.69) is 10.3 Å². The van der Waals surface area contributed by atoms with E-state index in [4.69, 9.17) is 32.4 Å². The van der Waals surface area contributed by atoms with E-state index in [-0.39, 0.29) is 23.6 Å². The molecule has 0 aliphatic rings. The van der Waals surface area contributed by atoms with E-state index < -0.39 is 10.8 Å². The maximum Gasteiger partial charge on any atom is 0.311 e. The van der Waals surface area contributed by atoms with Crippen molar-refractivity contribution >= 4 is 51.6 Å². The van der Waals surface area contributed by atoms with Crippen LogP contribution in [0.1, 0.15) is 17.3 Å². The summed E-state index contributed by atoms with van der Waals surface area (Å²) in [6.07, 6.45) is 0. The van der Waals surface area contributed by atoms with Gasteiger partial charge in [-0.2, -0.15) is 0 Å². The number of carbonyl (C=O) groups excluding carboxylic acids is 1. The summed E-state index contributed by atoms with van der Waals surface area (Å²) in [7, 11) is 0. The fourth-order valence-corrected chi connectivity index (χ4v) is 3.34. The second-order valence-electron chi connectivity index (χ2n) is 6.66. The molecule has 0 aliphatic heterocycles. The number of anilines is 1. The topological polar surface area (TPSA) is 108 Å². The third-order valence-corrected chi connectivity index (χ3v) is 5.27. The van der Waals surface area contributed by atoms with Crippen LogP contribution in [-0.2, 0) is 0 Å². The number of nitro groups is 1. The summed E-state index contributed by atoms with van der Waals surface area (Å²) in [4.78, 5) is 27.8. The molecular formula is C22H15Cl2N3O5. The molecule has 10 heteroatoms. The number of ether oxygens (including phenoxy) is 1. The van der Waals surface area contributed by atoms with Crippen LogP contribution >= 0.6 is 23.2 Å². The number of nitro benzene ring substituents is 1. The van der Waals surface area contributed by atoms with Gasteiger partial charge in [-0.25, -0.2) is 4.98 Å². The molecule has 0 unspecified atom stereocenters. The van der Waals surface area contributed by atoms with Gasteiger partial charge in [0.05, 0.1) is 21.6 Å². The minimum atomic E-state index is -0.590. The summed E-state index contributed by atoms with van der Waals surface area (Å²) < 4.78 is 11.0. The van der Waals surface area contributed by atoms with E-state index in [1.807, 2.05) is 0 Å². The van der Waals surface area contributed by atoms with E-state index in [1.54, 1.807) is 43.3 Å². The molecule has 8 nitrogen and oxygen atoms in total. The predicted molar refractivity (Wildman–Crippen MR) is 122 cm³/mol. The number of nitrogens with zero attached hydrogens (tertiary/aromatic N) is 2. The quantitative estimate of drug-likeness (QED) is 0.258. The largest absolute Gasteiger partial charge is 0.487 e. The first kappa shape index (κ1) is 21.6. The van der Waals surface area contributed by atoms with Crippen molar-refractivity contribution in [1.29, 1.82) is 0 Å². The number of nitrogens with one attached hydrogen (secondary N) is 1. The minimum Gasteiger partial charge on any atom is -0.487 e. The van der Waals surface area contributed by atoms with Gasteiger partial charge in [0.2, 0.25) is 5.89 Å². The molecular weight excluding hydrogens is 457 g/mol. The summed E-state index contributed by atoms with van der Waals surface area (Å²) >= 11 is 12.0. The van der Waals surface area contributed by atoms with Crippen molar-refractivity contribution in [3.8, 4) is 17.2 Å². The zero-order valence-corrected chi connectivity index (χ0v) is 18.1. The molecule has 1 amide bonds. The molecule has 1 aromatic heterocycles. The Morgan fingerprint density at radius 1 is 1.12 bits per heavy atom. The highest BCUT2D eigenvalue weighted by Gasteiger charge is 2.19. The highest BCUT2D eigenvalue weighted by atomic mass is 35.5. The molecule has 0 aliphatic carbocycles. The number of benzene rings is 3. The van der Waals surface area contributed by atoms with Crippen LogP contribution in [0, 0.1) is 10.1 Å². The molecule has 0 atom stereocenters. The van der Waals surface area contributed by atoms with Crippen molar-refractivity contribution in [2.45, 2.75) is 6.92 Å². The molecule has 4 aromatic rings. The lowest BCUT2D eigenvalue weighted by Gasteiger charge is -2.07. The normalized spacial score (nSPS) is 10.8. The minimum absolute atomic E-state index is 0.105. The van der Waals surface area contributed by atoms with Crippen molar-refractivity contribution < 1.29 is 18.9 Å². The molecule has 3 aromatic carbocycles. The first-order valence-electron chi connectivity index (χ1n) is 9.44. The Morgan fingerprint density at radius 3 is 2.66 bits per heavy atom. The Bertz CT molecular complexity index is 1350. The van der Waals surface area contributed by atoms with E-state index >= 15 is 0 Å². The molecule has 162 valence electrons. The number of oxazole rings is 1. The van der Waals surface area contributed by atoms with E-state index in [0.29, 0.717) is 38.3 Å². The van der Waals surface area contributed by atoms with E-state index in [1.165, 1.54) is 18.2 Å². The van der Waals surface area contributed by atoms with Gasteiger partial charge in [0.25, 0.3) is 5.91 Å². The third-order valence-electron chi connectivity index (χ3n) is 4.53. The van der Waals surface area contributed by atoms with Crippen LogP contribution in [0.25, 0.3) is 22.6 Å². The van der Waals surface area contributed by atoms with Gasteiger partial charge in [-0.1, -0.05) is 23.2 Å². The molecule has 0 saturated carbocycles. The third kappa shape index (κ3) is 4.37. The highest BCUT2D eigenvalue weighted by Crippen LogP contribution is 2.31. The number of carbonyl (C=O) groups is 1. The molecule has 1 N–H and O–H groups in total. The lowest BCUT2D eigenvalue weighted by atomic mass is 10.1. The van der Waals surface area contributed by atoms with Crippen molar-refractivity contribution in [1.82, 2.24) is 4.98 Å².